The second-order valence-corrected chi connectivity index (χ2v) is 10.6. The molecule has 1 N–H and O–H groups in total. The molecule has 2 aromatic rings. The van der Waals surface area contributed by atoms with Gasteiger partial charge < -0.3 is 10.2 Å². The number of anilines is 2. The minimum absolute atomic E-state index is 0.126. The summed E-state index contributed by atoms with van der Waals surface area (Å²) in [5.41, 5.74) is 1.96. The Balaban J connectivity index is 1.51. The SMILES string of the molecule is CCN(CC)S(=O)(=O)c1ccc(SCC(=O)Nc2ccc(N3CCCCCC3)cc2)nc1. The first-order chi connectivity index (χ1) is 15.4. The number of hydrogen-bond donors (Lipinski definition) is 1. The van der Waals surface area contributed by atoms with Gasteiger partial charge in [-0.3, -0.25) is 4.79 Å². The largest absolute Gasteiger partial charge is 0.372 e. The number of hydrogen-bond acceptors (Lipinski definition) is 6. The standard InChI is InChI=1S/C23H32N4O3S2/c1-3-27(4-2)32(29,30)21-13-14-23(24-17-21)31-18-22(28)25-19-9-11-20(12-10-19)26-15-7-5-6-8-16-26/h9-14,17H,3-8,15-16,18H2,1-2H3,(H,25,28). The van der Waals surface area contributed by atoms with Crippen molar-refractivity contribution in [3.8, 4) is 0 Å². The molecule has 1 amide bonds. The van der Waals surface area contributed by atoms with Crippen LogP contribution in [-0.4, -0.2) is 55.5 Å². The van der Waals surface area contributed by atoms with Gasteiger partial charge in [-0.15, -0.1) is 0 Å². The lowest BCUT2D eigenvalue weighted by Gasteiger charge is -2.22. The van der Waals surface area contributed by atoms with E-state index in [1.54, 1.807) is 26.0 Å². The van der Waals surface area contributed by atoms with Crippen molar-refractivity contribution in [1.29, 1.82) is 0 Å². The van der Waals surface area contributed by atoms with Crippen molar-refractivity contribution in [2.24, 2.45) is 0 Å². The van der Waals surface area contributed by atoms with Gasteiger partial charge in [0.2, 0.25) is 15.9 Å². The van der Waals surface area contributed by atoms with E-state index in [1.165, 1.54) is 53.6 Å². The molecule has 1 aromatic heterocycles. The van der Waals surface area contributed by atoms with E-state index in [0.717, 1.165) is 18.8 Å². The molecule has 32 heavy (non-hydrogen) atoms. The molecular weight excluding hydrogens is 444 g/mol. The summed E-state index contributed by atoms with van der Waals surface area (Å²) >= 11 is 1.28. The molecule has 2 heterocycles. The third-order valence-corrected chi connectivity index (χ3v) is 8.50. The van der Waals surface area contributed by atoms with Crippen LogP contribution in [0.2, 0.25) is 0 Å². The van der Waals surface area contributed by atoms with Crippen LogP contribution in [-0.2, 0) is 14.8 Å². The summed E-state index contributed by atoms with van der Waals surface area (Å²) in [5, 5.41) is 3.52. The zero-order valence-corrected chi connectivity index (χ0v) is 20.4. The van der Waals surface area contributed by atoms with Crippen LogP contribution in [0.4, 0.5) is 11.4 Å². The highest BCUT2D eigenvalue weighted by Gasteiger charge is 2.21. The van der Waals surface area contributed by atoms with E-state index in [-0.39, 0.29) is 16.6 Å². The minimum Gasteiger partial charge on any atom is -0.372 e. The molecule has 174 valence electrons. The van der Waals surface area contributed by atoms with Crippen molar-refractivity contribution >= 4 is 39.1 Å². The molecule has 0 aliphatic carbocycles. The molecule has 0 atom stereocenters. The van der Waals surface area contributed by atoms with Crippen LogP contribution in [0.5, 0.6) is 0 Å². The first-order valence-corrected chi connectivity index (χ1v) is 13.6. The molecule has 1 saturated heterocycles. The number of rotatable bonds is 9. The van der Waals surface area contributed by atoms with Crippen molar-refractivity contribution in [2.45, 2.75) is 49.5 Å². The molecule has 1 aromatic carbocycles. The zero-order valence-electron chi connectivity index (χ0n) is 18.8. The van der Waals surface area contributed by atoms with E-state index < -0.39 is 10.0 Å². The average Bonchev–Trinajstić information content (AvgIpc) is 3.09. The van der Waals surface area contributed by atoms with Crippen LogP contribution in [0.3, 0.4) is 0 Å². The van der Waals surface area contributed by atoms with Gasteiger partial charge in [0.05, 0.1) is 10.8 Å². The zero-order chi connectivity index (χ0) is 23.0. The summed E-state index contributed by atoms with van der Waals surface area (Å²) in [6.45, 7) is 6.61. The van der Waals surface area contributed by atoms with Gasteiger partial charge >= 0.3 is 0 Å². The van der Waals surface area contributed by atoms with Gasteiger partial charge in [-0.05, 0) is 49.2 Å². The Bertz CT molecular complexity index is 967. The first-order valence-electron chi connectivity index (χ1n) is 11.2. The number of carbonyl (C=O) groups excluding carboxylic acids is 1. The molecule has 0 radical (unpaired) electrons. The molecule has 0 bridgehead atoms. The molecule has 1 fully saturated rings. The van der Waals surface area contributed by atoms with Crippen LogP contribution < -0.4 is 10.2 Å². The molecule has 0 unspecified atom stereocenters. The third kappa shape index (κ3) is 6.46. The molecule has 1 aliphatic heterocycles. The predicted octanol–water partition coefficient (Wildman–Crippen LogP) is 4.22. The number of amides is 1. The van der Waals surface area contributed by atoms with Crippen LogP contribution >= 0.6 is 11.8 Å². The molecule has 7 nitrogen and oxygen atoms in total. The normalized spacial score (nSPS) is 14.9. The van der Waals surface area contributed by atoms with Crippen LogP contribution in [0.15, 0.2) is 52.5 Å². The summed E-state index contributed by atoms with van der Waals surface area (Å²) in [6.07, 6.45) is 6.41. The fraction of sp³-hybridized carbons (Fsp3) is 0.478. The lowest BCUT2D eigenvalue weighted by Crippen LogP contribution is -2.30. The highest BCUT2D eigenvalue weighted by Crippen LogP contribution is 2.23. The lowest BCUT2D eigenvalue weighted by molar-refractivity contribution is -0.113. The van der Waals surface area contributed by atoms with E-state index in [4.69, 9.17) is 0 Å². The molecule has 0 spiro atoms. The minimum atomic E-state index is -3.52. The van der Waals surface area contributed by atoms with E-state index in [9.17, 15) is 13.2 Å². The highest BCUT2D eigenvalue weighted by molar-refractivity contribution is 7.99. The van der Waals surface area contributed by atoms with Crippen molar-refractivity contribution in [1.82, 2.24) is 9.29 Å². The third-order valence-electron chi connectivity index (χ3n) is 5.53. The van der Waals surface area contributed by atoms with Crippen LogP contribution in [0.1, 0.15) is 39.5 Å². The molecule has 9 heteroatoms. The second-order valence-electron chi connectivity index (χ2n) is 7.71. The van der Waals surface area contributed by atoms with Gasteiger partial charge in [-0.1, -0.05) is 38.5 Å². The van der Waals surface area contributed by atoms with E-state index in [0.29, 0.717) is 18.1 Å². The highest BCUT2D eigenvalue weighted by atomic mass is 32.2. The maximum atomic E-state index is 12.5. The summed E-state index contributed by atoms with van der Waals surface area (Å²) < 4.78 is 26.4. The number of aromatic nitrogens is 1. The Hall–Kier alpha value is -2.10. The maximum absolute atomic E-state index is 12.5. The summed E-state index contributed by atoms with van der Waals surface area (Å²) in [4.78, 5) is 19.1. The van der Waals surface area contributed by atoms with Gasteiger partial charge in [-0.25, -0.2) is 13.4 Å². The maximum Gasteiger partial charge on any atom is 0.244 e. The lowest BCUT2D eigenvalue weighted by atomic mass is 10.2. The summed E-state index contributed by atoms with van der Waals surface area (Å²) in [6, 6.07) is 11.2. The molecular formula is C23H32N4O3S2. The topological polar surface area (TPSA) is 82.6 Å². The van der Waals surface area contributed by atoms with Gasteiger partial charge in [0.15, 0.2) is 0 Å². The number of thioether (sulfide) groups is 1. The fourth-order valence-electron chi connectivity index (χ4n) is 3.74. The number of pyridine rings is 1. The van der Waals surface area contributed by atoms with Crippen molar-refractivity contribution in [3.63, 3.8) is 0 Å². The predicted molar refractivity (Wildman–Crippen MR) is 131 cm³/mol. The molecule has 1 aliphatic rings. The Morgan fingerprint density at radius 3 is 2.25 bits per heavy atom. The van der Waals surface area contributed by atoms with Crippen molar-refractivity contribution < 1.29 is 13.2 Å². The number of nitrogens with zero attached hydrogens (tertiary/aromatic N) is 3. The van der Waals surface area contributed by atoms with Gasteiger partial charge in [0.1, 0.15) is 4.90 Å². The van der Waals surface area contributed by atoms with Gasteiger partial charge in [0.25, 0.3) is 0 Å². The van der Waals surface area contributed by atoms with Gasteiger partial charge in [-0.2, -0.15) is 4.31 Å². The first kappa shape index (κ1) is 24.5. The van der Waals surface area contributed by atoms with Crippen molar-refractivity contribution in [2.75, 3.05) is 42.1 Å². The average molecular weight is 477 g/mol. The number of nitrogens with one attached hydrogen (secondary N) is 1. The Morgan fingerprint density at radius 2 is 1.69 bits per heavy atom. The Morgan fingerprint density at radius 1 is 1.03 bits per heavy atom. The Labute approximate surface area is 195 Å². The smallest absolute Gasteiger partial charge is 0.244 e. The van der Waals surface area contributed by atoms with E-state index in [1.807, 2.05) is 12.1 Å². The Kier molecular flexibility index (Phi) is 8.95. The molecule has 3 rings (SSSR count). The van der Waals surface area contributed by atoms with Crippen LogP contribution in [0.25, 0.3) is 0 Å². The number of carbonyl (C=O) groups is 1. The number of benzene rings is 1. The monoisotopic (exact) mass is 476 g/mol. The quantitative estimate of drug-likeness (QED) is 0.546. The van der Waals surface area contributed by atoms with Crippen molar-refractivity contribution in [3.05, 3.63) is 42.6 Å². The summed E-state index contributed by atoms with van der Waals surface area (Å²) in [7, 11) is -3.52. The van der Waals surface area contributed by atoms with Gasteiger partial charge in [0, 0.05) is 43.8 Å². The molecule has 0 saturated carbocycles. The fourth-order valence-corrected chi connectivity index (χ4v) is 5.78. The number of sulfonamides is 1. The van der Waals surface area contributed by atoms with Crippen LogP contribution in [0, 0.1) is 0 Å². The van der Waals surface area contributed by atoms with E-state index >= 15 is 0 Å². The second kappa shape index (κ2) is 11.7. The van der Waals surface area contributed by atoms with E-state index in [2.05, 4.69) is 27.3 Å². The summed E-state index contributed by atoms with van der Waals surface area (Å²) in [5.74, 6) is 0.0717.